The maximum Gasteiger partial charge on any atom is 0.273 e. The lowest BCUT2D eigenvalue weighted by atomic mass is 9.92. The Bertz CT molecular complexity index is 1390. The Morgan fingerprint density at radius 2 is 2.10 bits per heavy atom. The number of aromatic nitrogens is 6. The first-order valence-electron chi connectivity index (χ1n) is 9.19. The highest BCUT2D eigenvalue weighted by Crippen LogP contribution is 2.34. The topological polar surface area (TPSA) is 98.5 Å². The van der Waals surface area contributed by atoms with Crippen LogP contribution in [0.2, 0.25) is 0 Å². The van der Waals surface area contributed by atoms with Gasteiger partial charge in [-0.1, -0.05) is 34.0 Å². The molecule has 0 bridgehead atoms. The van der Waals surface area contributed by atoms with Crippen LogP contribution in [0.5, 0.6) is 0 Å². The third-order valence-electron chi connectivity index (χ3n) is 4.95. The van der Waals surface area contributed by atoms with Crippen molar-refractivity contribution in [2.24, 2.45) is 7.05 Å². The van der Waals surface area contributed by atoms with Crippen molar-refractivity contribution in [3.8, 4) is 10.6 Å². The van der Waals surface area contributed by atoms with Gasteiger partial charge < -0.3 is 9.88 Å². The van der Waals surface area contributed by atoms with Crippen LogP contribution in [-0.2, 0) is 12.6 Å². The summed E-state index contributed by atoms with van der Waals surface area (Å²) in [4.78, 5) is 27.1. The van der Waals surface area contributed by atoms with Crippen LogP contribution >= 0.6 is 22.9 Å². The molecule has 150 valence electrons. The molecule has 0 aliphatic carbocycles. The number of benzene rings is 1. The van der Waals surface area contributed by atoms with Crippen molar-refractivity contribution >= 4 is 50.2 Å². The zero-order chi connectivity index (χ0) is 20.9. The van der Waals surface area contributed by atoms with E-state index in [9.17, 15) is 4.79 Å². The van der Waals surface area contributed by atoms with E-state index >= 15 is 0 Å². The van der Waals surface area contributed by atoms with Gasteiger partial charge in [0.05, 0.1) is 23.6 Å². The Morgan fingerprint density at radius 1 is 1.23 bits per heavy atom. The van der Waals surface area contributed by atoms with Gasteiger partial charge in [-0.05, 0) is 37.0 Å². The fourth-order valence-corrected chi connectivity index (χ4v) is 4.70. The molecule has 1 N–H and O–H groups in total. The summed E-state index contributed by atoms with van der Waals surface area (Å²) in [7, 11) is 1.96. The molecule has 0 saturated carbocycles. The number of hydrogen-bond donors (Lipinski definition) is 1. The summed E-state index contributed by atoms with van der Waals surface area (Å²) < 4.78 is 5.72. The van der Waals surface area contributed by atoms with E-state index < -0.39 is 5.54 Å². The number of nitrogens with zero attached hydrogens (tertiary/aromatic N) is 6. The minimum Gasteiger partial charge on any atom is -0.342 e. The number of fused-ring (bicyclic) bond motifs is 3. The Morgan fingerprint density at radius 3 is 2.90 bits per heavy atom. The average molecular weight is 436 g/mol. The van der Waals surface area contributed by atoms with Crippen LogP contribution in [0.3, 0.4) is 0 Å². The lowest BCUT2D eigenvalue weighted by Crippen LogP contribution is -2.41. The number of nitrogens with one attached hydrogen (secondary N) is 1. The lowest BCUT2D eigenvalue weighted by molar-refractivity contribution is 0.0907. The minimum absolute atomic E-state index is 0.248. The first-order valence-corrected chi connectivity index (χ1v) is 10.8. The van der Waals surface area contributed by atoms with Crippen molar-refractivity contribution in [3.63, 3.8) is 0 Å². The molecule has 10 heteroatoms. The number of carbonyl (C=O) groups excluding carboxylic acids is 1. The zero-order valence-corrected chi connectivity index (χ0v) is 18.1. The number of hydrogen-bond acceptors (Lipinski definition) is 8. The van der Waals surface area contributed by atoms with E-state index in [0.717, 1.165) is 49.0 Å². The van der Waals surface area contributed by atoms with Crippen LogP contribution in [0, 0.1) is 0 Å². The predicted octanol–water partition coefficient (Wildman–Crippen LogP) is 3.76. The van der Waals surface area contributed by atoms with E-state index in [2.05, 4.69) is 30.9 Å². The minimum atomic E-state index is -0.596. The number of imidazole rings is 1. The highest BCUT2D eigenvalue weighted by Gasteiger charge is 2.25. The van der Waals surface area contributed by atoms with Crippen LogP contribution < -0.4 is 5.32 Å². The fourth-order valence-electron chi connectivity index (χ4n) is 3.35. The van der Waals surface area contributed by atoms with Gasteiger partial charge in [-0.3, -0.25) is 4.79 Å². The molecule has 1 amide bonds. The molecule has 0 fully saturated rings. The predicted molar refractivity (Wildman–Crippen MR) is 118 cm³/mol. The molecule has 0 aliphatic heterocycles. The summed E-state index contributed by atoms with van der Waals surface area (Å²) in [5.74, 6) is -0.248. The van der Waals surface area contributed by atoms with Crippen LogP contribution in [0.25, 0.3) is 32.0 Å². The Hall–Kier alpha value is -3.24. The second kappa shape index (κ2) is 6.92. The quantitative estimate of drug-likeness (QED) is 0.461. The van der Waals surface area contributed by atoms with Crippen molar-refractivity contribution in [1.82, 2.24) is 34.4 Å². The van der Waals surface area contributed by atoms with Crippen LogP contribution in [0.15, 0.2) is 42.2 Å². The maximum atomic E-state index is 12.5. The van der Waals surface area contributed by atoms with Crippen molar-refractivity contribution in [2.45, 2.75) is 19.4 Å². The third-order valence-corrected chi connectivity index (χ3v) is 6.47. The first-order chi connectivity index (χ1) is 14.4. The summed E-state index contributed by atoms with van der Waals surface area (Å²) in [6.45, 7) is 3.92. The highest BCUT2D eigenvalue weighted by molar-refractivity contribution is 7.21. The fraction of sp³-hybridized carbons (Fsp3) is 0.200. The molecule has 5 aromatic rings. The van der Waals surface area contributed by atoms with Crippen molar-refractivity contribution in [1.29, 1.82) is 0 Å². The largest absolute Gasteiger partial charge is 0.342 e. The van der Waals surface area contributed by atoms with Gasteiger partial charge in [-0.25, -0.2) is 15.0 Å². The Balaban J connectivity index is 1.52. The number of carbonyl (C=O) groups is 1. The average Bonchev–Trinajstić information content (AvgIpc) is 3.47. The van der Waals surface area contributed by atoms with E-state index in [1.807, 2.05) is 43.7 Å². The van der Waals surface area contributed by atoms with Gasteiger partial charge in [0, 0.05) is 18.0 Å². The summed E-state index contributed by atoms with van der Waals surface area (Å²) >= 11 is 2.69. The molecule has 0 unspecified atom stereocenters. The second-order valence-electron chi connectivity index (χ2n) is 7.47. The van der Waals surface area contributed by atoms with Gasteiger partial charge in [0.15, 0.2) is 5.69 Å². The molecule has 4 heterocycles. The summed E-state index contributed by atoms with van der Waals surface area (Å²) in [5.41, 5.74) is 4.32. The van der Waals surface area contributed by atoms with E-state index in [0.29, 0.717) is 5.69 Å². The molecule has 5 rings (SSSR count). The molecule has 4 aromatic heterocycles. The Kier molecular flexibility index (Phi) is 4.33. The van der Waals surface area contributed by atoms with E-state index in [-0.39, 0.29) is 5.91 Å². The zero-order valence-electron chi connectivity index (χ0n) is 16.4. The summed E-state index contributed by atoms with van der Waals surface area (Å²) in [6.07, 6.45) is 3.55. The van der Waals surface area contributed by atoms with E-state index in [1.165, 1.54) is 0 Å². The smallest absolute Gasteiger partial charge is 0.273 e. The molecular formula is C20H17N7OS2. The summed E-state index contributed by atoms with van der Waals surface area (Å²) in [5, 5.41) is 9.39. The van der Waals surface area contributed by atoms with Gasteiger partial charge in [0.25, 0.3) is 5.91 Å². The molecular weight excluding hydrogens is 418 g/mol. The molecule has 30 heavy (non-hydrogen) atoms. The van der Waals surface area contributed by atoms with Crippen LogP contribution in [0.4, 0.5) is 0 Å². The number of rotatable bonds is 4. The van der Waals surface area contributed by atoms with Crippen LogP contribution in [-0.4, -0.2) is 35.0 Å². The monoisotopic (exact) mass is 435 g/mol. The molecule has 8 nitrogen and oxygen atoms in total. The van der Waals surface area contributed by atoms with Gasteiger partial charge in [0.2, 0.25) is 0 Å². The van der Waals surface area contributed by atoms with Crippen molar-refractivity contribution in [2.75, 3.05) is 0 Å². The second-order valence-corrected chi connectivity index (χ2v) is 9.06. The van der Waals surface area contributed by atoms with Gasteiger partial charge >= 0.3 is 0 Å². The number of thiazole rings is 1. The van der Waals surface area contributed by atoms with E-state index in [4.69, 9.17) is 4.98 Å². The Labute approximate surface area is 179 Å². The molecule has 0 aliphatic rings. The number of amides is 1. The first kappa shape index (κ1) is 18.8. The number of pyridine rings is 1. The van der Waals surface area contributed by atoms with Crippen LogP contribution in [0.1, 0.15) is 29.9 Å². The normalized spacial score (nSPS) is 12.0. The van der Waals surface area contributed by atoms with Gasteiger partial charge in [-0.15, -0.1) is 5.10 Å². The summed E-state index contributed by atoms with van der Waals surface area (Å²) in [6, 6.07) is 8.04. The van der Waals surface area contributed by atoms with E-state index in [1.54, 1.807) is 29.2 Å². The highest BCUT2D eigenvalue weighted by atomic mass is 32.1. The van der Waals surface area contributed by atoms with Crippen molar-refractivity contribution < 1.29 is 4.79 Å². The molecule has 0 spiro atoms. The maximum absolute atomic E-state index is 12.5. The van der Waals surface area contributed by atoms with Gasteiger partial charge in [0.1, 0.15) is 20.9 Å². The standard InChI is InChI=1S/C20H17N7OS2/c1-20(2,24-17(28)14-9-29-26-25-14)12-6-4-5-11(7-12)18-23-15-16-13(22-10-27(16)3)8-21-19(15)30-18/h4-10H,1-3H3,(H,24,28). The third kappa shape index (κ3) is 3.14. The molecule has 0 radical (unpaired) electrons. The molecule has 0 atom stereocenters. The number of aryl methyl sites for hydroxylation is 1. The molecule has 0 saturated heterocycles. The molecule has 1 aromatic carbocycles. The SMILES string of the molecule is Cn1cnc2cnc3sc(-c4cccc(C(C)(C)NC(=O)c5csnn5)c4)nc3c21. The van der Waals surface area contributed by atoms with Crippen molar-refractivity contribution in [3.05, 3.63) is 53.4 Å². The van der Waals surface area contributed by atoms with Gasteiger partial charge in [-0.2, -0.15) is 0 Å². The lowest BCUT2D eigenvalue weighted by Gasteiger charge is -2.26.